The average Bonchev–Trinajstić information content (AvgIpc) is 2.87. The van der Waals surface area contributed by atoms with E-state index in [0.717, 1.165) is 0 Å². The first-order chi connectivity index (χ1) is 12.9. The van der Waals surface area contributed by atoms with E-state index < -0.39 is 22.9 Å². The molecule has 3 N–H and O–H groups in total. The lowest BCUT2D eigenvalue weighted by Crippen LogP contribution is -2.48. The molecule has 1 aromatic carbocycles. The van der Waals surface area contributed by atoms with E-state index in [1.807, 2.05) is 0 Å². The molecule has 27 heavy (non-hydrogen) atoms. The molecule has 8 heteroatoms. The molecule has 0 fully saturated rings. The standard InChI is InChI=1S/C19H16N2O6/c1-3-25-16(22)14-15(20)27-12-8-9(2)26-17(23)13(12)19(14)10-6-4-5-7-11(10)21-18(19)24/h4-8H,3,20H2,1-2H3,(H,21,24)/t19-/m0/s1. The second kappa shape index (κ2) is 5.73. The first-order valence-electron chi connectivity index (χ1n) is 8.32. The summed E-state index contributed by atoms with van der Waals surface area (Å²) in [6, 6.07) is 8.21. The van der Waals surface area contributed by atoms with Crippen molar-refractivity contribution in [3.05, 3.63) is 69.1 Å². The largest absolute Gasteiger partial charge is 0.462 e. The van der Waals surface area contributed by atoms with Gasteiger partial charge < -0.3 is 24.9 Å². The van der Waals surface area contributed by atoms with Crippen LogP contribution in [0.3, 0.4) is 0 Å². The highest BCUT2D eigenvalue weighted by atomic mass is 16.5. The number of anilines is 1. The van der Waals surface area contributed by atoms with Gasteiger partial charge in [-0.05, 0) is 19.9 Å². The Labute approximate surface area is 153 Å². The number of amides is 1. The van der Waals surface area contributed by atoms with E-state index in [4.69, 9.17) is 19.6 Å². The molecule has 1 atom stereocenters. The zero-order chi connectivity index (χ0) is 19.3. The van der Waals surface area contributed by atoms with Gasteiger partial charge in [0.2, 0.25) is 11.8 Å². The maximum Gasteiger partial charge on any atom is 0.344 e. The van der Waals surface area contributed by atoms with E-state index in [1.165, 1.54) is 6.07 Å². The summed E-state index contributed by atoms with van der Waals surface area (Å²) in [5, 5.41) is 2.72. The molecule has 0 saturated carbocycles. The molecule has 0 unspecified atom stereocenters. The summed E-state index contributed by atoms with van der Waals surface area (Å²) in [5.41, 5.74) is 3.97. The lowest BCUT2D eigenvalue weighted by molar-refractivity contribution is -0.140. The van der Waals surface area contributed by atoms with Gasteiger partial charge in [-0.15, -0.1) is 0 Å². The summed E-state index contributed by atoms with van der Waals surface area (Å²) in [6.07, 6.45) is 0. The van der Waals surface area contributed by atoms with Crippen LogP contribution in [0.1, 0.15) is 23.8 Å². The summed E-state index contributed by atoms with van der Waals surface area (Å²) < 4.78 is 15.9. The van der Waals surface area contributed by atoms with Crippen molar-refractivity contribution in [1.29, 1.82) is 0 Å². The molecule has 1 amide bonds. The lowest BCUT2D eigenvalue weighted by atomic mass is 9.69. The second-order valence-corrected chi connectivity index (χ2v) is 6.20. The molecule has 1 aromatic heterocycles. The number of rotatable bonds is 2. The Kier molecular flexibility index (Phi) is 3.59. The van der Waals surface area contributed by atoms with Crippen LogP contribution in [0, 0.1) is 6.92 Å². The third-order valence-corrected chi connectivity index (χ3v) is 4.65. The highest BCUT2D eigenvalue weighted by Gasteiger charge is 2.60. The van der Waals surface area contributed by atoms with Gasteiger partial charge in [-0.3, -0.25) is 4.79 Å². The number of hydrogen-bond donors (Lipinski definition) is 2. The molecule has 2 aromatic rings. The topological polar surface area (TPSA) is 121 Å². The summed E-state index contributed by atoms with van der Waals surface area (Å²) >= 11 is 0. The van der Waals surface area contributed by atoms with Crippen LogP contribution in [0.2, 0.25) is 0 Å². The average molecular weight is 368 g/mol. The van der Waals surface area contributed by atoms with E-state index in [2.05, 4.69) is 5.32 Å². The maximum atomic E-state index is 13.2. The number of ether oxygens (including phenoxy) is 2. The van der Waals surface area contributed by atoms with Crippen molar-refractivity contribution in [3.8, 4) is 5.75 Å². The van der Waals surface area contributed by atoms with Gasteiger partial charge in [0.05, 0.1) is 6.61 Å². The fraction of sp³-hybridized carbons (Fsp3) is 0.211. The monoisotopic (exact) mass is 368 g/mol. The Morgan fingerprint density at radius 1 is 1.30 bits per heavy atom. The molecule has 4 rings (SSSR count). The van der Waals surface area contributed by atoms with E-state index >= 15 is 0 Å². The van der Waals surface area contributed by atoms with E-state index in [9.17, 15) is 14.4 Å². The molecule has 8 nitrogen and oxygen atoms in total. The van der Waals surface area contributed by atoms with Crippen molar-refractivity contribution in [2.75, 3.05) is 11.9 Å². The van der Waals surface area contributed by atoms with Crippen LogP contribution >= 0.6 is 0 Å². The molecule has 0 radical (unpaired) electrons. The zero-order valence-electron chi connectivity index (χ0n) is 14.6. The van der Waals surface area contributed by atoms with Gasteiger partial charge in [-0.2, -0.15) is 0 Å². The zero-order valence-corrected chi connectivity index (χ0v) is 14.6. The highest BCUT2D eigenvalue weighted by molar-refractivity contribution is 6.17. The normalized spacial score (nSPS) is 20.0. The third-order valence-electron chi connectivity index (χ3n) is 4.65. The number of nitrogens with one attached hydrogen (secondary N) is 1. The highest BCUT2D eigenvalue weighted by Crippen LogP contribution is 2.52. The number of hydrogen-bond acceptors (Lipinski definition) is 7. The number of carbonyl (C=O) groups excluding carboxylic acids is 2. The van der Waals surface area contributed by atoms with E-state index in [1.54, 1.807) is 38.1 Å². The van der Waals surface area contributed by atoms with E-state index in [-0.39, 0.29) is 35.1 Å². The molecular formula is C19H16N2O6. The number of nitrogens with two attached hydrogens (primary N) is 1. The summed E-state index contributed by atoms with van der Waals surface area (Å²) in [6.45, 7) is 3.25. The van der Waals surface area contributed by atoms with Crippen molar-refractivity contribution in [2.45, 2.75) is 19.3 Å². The van der Waals surface area contributed by atoms with Gasteiger partial charge >= 0.3 is 11.6 Å². The van der Waals surface area contributed by atoms with Gasteiger partial charge in [0, 0.05) is 17.3 Å². The van der Waals surface area contributed by atoms with Crippen LogP contribution in [-0.4, -0.2) is 18.5 Å². The van der Waals surface area contributed by atoms with Crippen molar-refractivity contribution in [1.82, 2.24) is 0 Å². The molecule has 0 bridgehead atoms. The molecule has 2 aliphatic rings. The van der Waals surface area contributed by atoms with Crippen molar-refractivity contribution in [2.24, 2.45) is 5.73 Å². The first kappa shape index (κ1) is 16.9. The number of para-hydroxylation sites is 1. The summed E-state index contributed by atoms with van der Waals surface area (Å²) in [7, 11) is 0. The van der Waals surface area contributed by atoms with Crippen LogP contribution in [0.4, 0.5) is 5.69 Å². The Hall–Kier alpha value is -3.55. The van der Waals surface area contributed by atoms with Crippen molar-refractivity contribution >= 4 is 17.6 Å². The predicted molar refractivity (Wildman–Crippen MR) is 94.0 cm³/mol. The molecular weight excluding hydrogens is 352 g/mol. The van der Waals surface area contributed by atoms with Crippen LogP contribution in [-0.2, 0) is 19.7 Å². The van der Waals surface area contributed by atoms with Gasteiger partial charge in [0.15, 0.2) is 0 Å². The van der Waals surface area contributed by atoms with Crippen LogP contribution in [0.15, 0.2) is 51.0 Å². The van der Waals surface area contributed by atoms with Crippen LogP contribution in [0.5, 0.6) is 5.75 Å². The fourth-order valence-electron chi connectivity index (χ4n) is 3.69. The molecule has 1 spiro atoms. The predicted octanol–water partition coefficient (Wildman–Crippen LogP) is 1.31. The van der Waals surface area contributed by atoms with Crippen molar-refractivity contribution < 1.29 is 23.5 Å². The lowest BCUT2D eigenvalue weighted by Gasteiger charge is -2.34. The SMILES string of the molecule is CCOC(=O)C1=C(N)Oc2cc(C)oc(=O)c2[C@]12C(=O)Nc1ccccc12. The minimum Gasteiger partial charge on any atom is -0.462 e. The Balaban J connectivity index is 2.15. The molecule has 3 heterocycles. The Bertz CT molecular complexity index is 1080. The van der Waals surface area contributed by atoms with Gasteiger partial charge in [0.25, 0.3) is 0 Å². The molecule has 0 aliphatic carbocycles. The third kappa shape index (κ3) is 2.13. The minimum atomic E-state index is -1.81. The van der Waals surface area contributed by atoms with Gasteiger partial charge in [0.1, 0.15) is 28.1 Å². The number of benzene rings is 1. The Morgan fingerprint density at radius 3 is 2.78 bits per heavy atom. The molecule has 138 valence electrons. The molecule has 0 saturated heterocycles. The first-order valence-corrected chi connectivity index (χ1v) is 8.32. The maximum absolute atomic E-state index is 13.2. The van der Waals surface area contributed by atoms with Crippen LogP contribution < -0.4 is 21.4 Å². The Morgan fingerprint density at radius 2 is 2.04 bits per heavy atom. The van der Waals surface area contributed by atoms with Gasteiger partial charge in [-0.1, -0.05) is 18.2 Å². The minimum absolute atomic E-state index is 0.0598. The smallest absolute Gasteiger partial charge is 0.344 e. The summed E-state index contributed by atoms with van der Waals surface area (Å²) in [5.74, 6) is -1.38. The number of carbonyl (C=O) groups is 2. The van der Waals surface area contributed by atoms with E-state index in [0.29, 0.717) is 11.3 Å². The quantitative estimate of drug-likeness (QED) is 0.767. The summed E-state index contributed by atoms with van der Waals surface area (Å²) in [4.78, 5) is 38.8. The number of aryl methyl sites for hydroxylation is 1. The number of fused-ring (bicyclic) bond motifs is 4. The van der Waals surface area contributed by atoms with Crippen molar-refractivity contribution in [3.63, 3.8) is 0 Å². The number of esters is 1. The van der Waals surface area contributed by atoms with Gasteiger partial charge in [-0.25, -0.2) is 9.59 Å². The molecule has 2 aliphatic heterocycles. The fourth-order valence-corrected chi connectivity index (χ4v) is 3.69. The second-order valence-electron chi connectivity index (χ2n) is 6.20. The van der Waals surface area contributed by atoms with Crippen LogP contribution in [0.25, 0.3) is 0 Å².